The van der Waals surface area contributed by atoms with Crippen LogP contribution in [0.15, 0.2) is 67.0 Å². The number of hydrogen-bond acceptors (Lipinski definition) is 5. The summed E-state index contributed by atoms with van der Waals surface area (Å²) in [5.74, 6) is 2.16. The van der Waals surface area contributed by atoms with Crippen molar-refractivity contribution in [2.24, 2.45) is 0 Å². The number of para-hydroxylation sites is 1. The fourth-order valence-electron chi connectivity index (χ4n) is 2.98. The summed E-state index contributed by atoms with van der Waals surface area (Å²) in [6.45, 7) is 0.792. The van der Waals surface area contributed by atoms with Crippen LogP contribution in [0.1, 0.15) is 5.56 Å². The summed E-state index contributed by atoms with van der Waals surface area (Å²) >= 11 is 0. The molecule has 0 aliphatic carbocycles. The summed E-state index contributed by atoms with van der Waals surface area (Å²) < 4.78 is 5.17. The standard InChI is InChI=1S/C21H21N5O/c1-27-17-8-6-16(7-9-17)25-21-23-13-11-20(26-21)22-12-10-15-14-24-19-5-3-2-4-18(15)19/h2-9,11,13-14,24H,10,12H2,1H3,(H2,22,23,25,26). The second kappa shape index (κ2) is 7.78. The van der Waals surface area contributed by atoms with Crippen LogP contribution in [0.4, 0.5) is 17.5 Å². The van der Waals surface area contributed by atoms with E-state index in [9.17, 15) is 0 Å². The molecule has 0 aliphatic heterocycles. The third kappa shape index (κ3) is 4.00. The van der Waals surface area contributed by atoms with Gasteiger partial charge in [0.25, 0.3) is 0 Å². The number of ether oxygens (including phenoxy) is 1. The molecule has 0 atom stereocenters. The summed E-state index contributed by atoms with van der Waals surface area (Å²) in [6, 6.07) is 17.9. The molecule has 6 nitrogen and oxygen atoms in total. The van der Waals surface area contributed by atoms with Crippen molar-refractivity contribution in [3.63, 3.8) is 0 Å². The number of nitrogens with zero attached hydrogens (tertiary/aromatic N) is 2. The van der Waals surface area contributed by atoms with Gasteiger partial charge in [0.15, 0.2) is 0 Å². The minimum absolute atomic E-state index is 0.553. The van der Waals surface area contributed by atoms with Crippen LogP contribution < -0.4 is 15.4 Å². The second-order valence-corrected chi connectivity index (χ2v) is 6.16. The van der Waals surface area contributed by atoms with Crippen molar-refractivity contribution in [1.82, 2.24) is 15.0 Å². The normalized spacial score (nSPS) is 10.7. The Labute approximate surface area is 157 Å². The number of methoxy groups -OCH3 is 1. The number of hydrogen-bond donors (Lipinski definition) is 3. The molecule has 6 heteroatoms. The Morgan fingerprint density at radius 2 is 1.89 bits per heavy atom. The summed E-state index contributed by atoms with van der Waals surface area (Å²) in [6.07, 6.45) is 4.73. The molecule has 0 aliphatic rings. The lowest BCUT2D eigenvalue weighted by molar-refractivity contribution is 0.415. The van der Waals surface area contributed by atoms with E-state index in [4.69, 9.17) is 4.74 Å². The zero-order valence-corrected chi connectivity index (χ0v) is 15.1. The van der Waals surface area contributed by atoms with Crippen molar-refractivity contribution in [2.45, 2.75) is 6.42 Å². The fraction of sp³-hybridized carbons (Fsp3) is 0.143. The van der Waals surface area contributed by atoms with Gasteiger partial charge < -0.3 is 20.4 Å². The van der Waals surface area contributed by atoms with Gasteiger partial charge in [-0.2, -0.15) is 4.98 Å². The Hall–Kier alpha value is -3.54. The summed E-state index contributed by atoms with van der Waals surface area (Å²) in [5, 5.41) is 7.84. The van der Waals surface area contributed by atoms with Crippen molar-refractivity contribution < 1.29 is 4.74 Å². The Morgan fingerprint density at radius 1 is 1.04 bits per heavy atom. The molecule has 2 aromatic heterocycles. The summed E-state index contributed by atoms with van der Waals surface area (Å²) in [7, 11) is 1.65. The molecule has 4 rings (SSSR count). The van der Waals surface area contributed by atoms with E-state index in [1.165, 1.54) is 16.5 Å². The van der Waals surface area contributed by atoms with Gasteiger partial charge in [-0.25, -0.2) is 4.98 Å². The van der Waals surface area contributed by atoms with Gasteiger partial charge in [-0.05, 0) is 48.4 Å². The van der Waals surface area contributed by atoms with E-state index in [1.807, 2.05) is 36.4 Å². The molecule has 4 aromatic rings. The highest BCUT2D eigenvalue weighted by Gasteiger charge is 2.04. The van der Waals surface area contributed by atoms with Crippen molar-refractivity contribution in [2.75, 3.05) is 24.3 Å². The summed E-state index contributed by atoms with van der Waals surface area (Å²) in [4.78, 5) is 12.1. The smallest absolute Gasteiger partial charge is 0.229 e. The number of anilines is 3. The van der Waals surface area contributed by atoms with E-state index >= 15 is 0 Å². The first-order valence-corrected chi connectivity index (χ1v) is 8.85. The zero-order chi connectivity index (χ0) is 18.5. The van der Waals surface area contributed by atoms with Crippen LogP contribution in [-0.4, -0.2) is 28.6 Å². The van der Waals surface area contributed by atoms with E-state index in [-0.39, 0.29) is 0 Å². The van der Waals surface area contributed by atoms with Crippen molar-refractivity contribution in [3.8, 4) is 5.75 Å². The molecule has 0 radical (unpaired) electrons. The Morgan fingerprint density at radius 3 is 2.74 bits per heavy atom. The van der Waals surface area contributed by atoms with Crippen molar-refractivity contribution in [3.05, 3.63) is 72.6 Å². The molecule has 0 amide bonds. The minimum atomic E-state index is 0.553. The van der Waals surface area contributed by atoms with Gasteiger partial charge in [0, 0.05) is 35.5 Å². The second-order valence-electron chi connectivity index (χ2n) is 6.16. The zero-order valence-electron chi connectivity index (χ0n) is 15.1. The topological polar surface area (TPSA) is 74.9 Å². The van der Waals surface area contributed by atoms with Gasteiger partial charge in [-0.3, -0.25) is 0 Å². The molecule has 3 N–H and O–H groups in total. The van der Waals surface area contributed by atoms with Gasteiger partial charge in [0.05, 0.1) is 7.11 Å². The third-order valence-corrected chi connectivity index (χ3v) is 4.38. The van der Waals surface area contributed by atoms with Crippen LogP contribution in [0, 0.1) is 0 Å². The highest BCUT2D eigenvalue weighted by atomic mass is 16.5. The van der Waals surface area contributed by atoms with Gasteiger partial charge >= 0.3 is 0 Å². The fourth-order valence-corrected chi connectivity index (χ4v) is 2.98. The molecule has 2 aromatic carbocycles. The molecule has 0 bridgehead atoms. The number of aromatic amines is 1. The third-order valence-electron chi connectivity index (χ3n) is 4.38. The van der Waals surface area contributed by atoms with Crippen LogP contribution in [0.5, 0.6) is 5.75 Å². The number of H-pyrrole nitrogens is 1. The molecule has 136 valence electrons. The molecule has 27 heavy (non-hydrogen) atoms. The minimum Gasteiger partial charge on any atom is -0.497 e. The maximum Gasteiger partial charge on any atom is 0.229 e. The van der Waals surface area contributed by atoms with Crippen LogP contribution in [0.25, 0.3) is 10.9 Å². The van der Waals surface area contributed by atoms with Crippen molar-refractivity contribution >= 4 is 28.4 Å². The first-order chi connectivity index (χ1) is 13.3. The van der Waals surface area contributed by atoms with Crippen LogP contribution in [0.3, 0.4) is 0 Å². The number of benzene rings is 2. The quantitative estimate of drug-likeness (QED) is 0.457. The lowest BCUT2D eigenvalue weighted by Gasteiger charge is -2.09. The number of fused-ring (bicyclic) bond motifs is 1. The molecule has 2 heterocycles. The van der Waals surface area contributed by atoms with E-state index in [0.717, 1.165) is 30.2 Å². The summed E-state index contributed by atoms with van der Waals surface area (Å²) in [5.41, 5.74) is 3.37. The first-order valence-electron chi connectivity index (χ1n) is 8.85. The van der Waals surface area contributed by atoms with E-state index in [1.54, 1.807) is 13.3 Å². The van der Waals surface area contributed by atoms with Gasteiger partial charge in [0.2, 0.25) is 5.95 Å². The number of nitrogens with one attached hydrogen (secondary N) is 3. The molecule has 0 unspecified atom stereocenters. The average Bonchev–Trinajstić information content (AvgIpc) is 3.12. The van der Waals surface area contributed by atoms with Gasteiger partial charge in [-0.1, -0.05) is 18.2 Å². The molecule has 0 fully saturated rings. The highest BCUT2D eigenvalue weighted by molar-refractivity contribution is 5.83. The van der Waals surface area contributed by atoms with E-state index in [0.29, 0.717) is 5.95 Å². The maximum absolute atomic E-state index is 5.17. The molecule has 0 saturated carbocycles. The maximum atomic E-state index is 5.17. The predicted octanol–water partition coefficient (Wildman–Crippen LogP) is 4.36. The lowest BCUT2D eigenvalue weighted by Crippen LogP contribution is -2.07. The van der Waals surface area contributed by atoms with Gasteiger partial charge in [-0.15, -0.1) is 0 Å². The Bertz CT molecular complexity index is 1030. The van der Waals surface area contributed by atoms with Gasteiger partial charge in [0.1, 0.15) is 11.6 Å². The largest absolute Gasteiger partial charge is 0.497 e. The molecular weight excluding hydrogens is 338 g/mol. The Balaban J connectivity index is 1.37. The Kier molecular flexibility index (Phi) is 4.87. The lowest BCUT2D eigenvalue weighted by atomic mass is 10.1. The van der Waals surface area contributed by atoms with Crippen molar-refractivity contribution in [1.29, 1.82) is 0 Å². The molecule has 0 spiro atoms. The number of rotatable bonds is 7. The predicted molar refractivity (Wildman–Crippen MR) is 109 cm³/mol. The molecule has 0 saturated heterocycles. The van der Waals surface area contributed by atoms with E-state index in [2.05, 4.69) is 50.0 Å². The number of aromatic nitrogens is 3. The SMILES string of the molecule is COc1ccc(Nc2nccc(NCCc3c[nH]c4ccccc34)n2)cc1. The first kappa shape index (κ1) is 16.9. The molecular formula is C21H21N5O. The average molecular weight is 359 g/mol. The van der Waals surface area contributed by atoms with Crippen LogP contribution in [0.2, 0.25) is 0 Å². The van der Waals surface area contributed by atoms with Crippen LogP contribution >= 0.6 is 0 Å². The monoisotopic (exact) mass is 359 g/mol. The van der Waals surface area contributed by atoms with Crippen LogP contribution in [-0.2, 0) is 6.42 Å². The van der Waals surface area contributed by atoms with E-state index < -0.39 is 0 Å². The highest BCUT2D eigenvalue weighted by Crippen LogP contribution is 2.19.